The van der Waals surface area contributed by atoms with E-state index in [4.69, 9.17) is 16.6 Å². The van der Waals surface area contributed by atoms with E-state index in [0.717, 1.165) is 37.3 Å². The highest BCUT2D eigenvalue weighted by Gasteiger charge is 2.16. The minimum absolute atomic E-state index is 0.0944. The van der Waals surface area contributed by atoms with Crippen molar-refractivity contribution in [2.45, 2.75) is 12.8 Å². The summed E-state index contributed by atoms with van der Waals surface area (Å²) in [5, 5.41) is 5.16. The lowest BCUT2D eigenvalue weighted by atomic mass is 10.0. The number of nitrogens with zero attached hydrogens (tertiary/aromatic N) is 3. The molecule has 1 aromatic heterocycles. The van der Waals surface area contributed by atoms with Crippen molar-refractivity contribution in [1.29, 1.82) is 0 Å². The van der Waals surface area contributed by atoms with Gasteiger partial charge in [0.2, 0.25) is 0 Å². The molecule has 5 rings (SSSR count). The van der Waals surface area contributed by atoms with Gasteiger partial charge in [0.05, 0.1) is 22.3 Å². The van der Waals surface area contributed by atoms with E-state index in [2.05, 4.69) is 20.5 Å². The molecular formula is C26H21ClFN5O2. The van der Waals surface area contributed by atoms with Crippen LogP contribution in [0.15, 0.2) is 66.9 Å². The van der Waals surface area contributed by atoms with E-state index < -0.39 is 11.8 Å². The van der Waals surface area contributed by atoms with Gasteiger partial charge in [0.1, 0.15) is 11.6 Å². The standard InChI is InChI=1S/C26H21ClFN5O2/c27-20-14-19(7-8-21(20)28)31-26(35)30-18-5-3-4-16(12-18)25(34)17-6-9-22-23(13-17)32-24(15-29-22)33-10-1-2-11-33/h3-9,12-15H,1-2,10-11H2,(H2,30,31,35). The van der Waals surface area contributed by atoms with Gasteiger partial charge in [-0.25, -0.2) is 14.2 Å². The lowest BCUT2D eigenvalue weighted by molar-refractivity contribution is 0.103. The van der Waals surface area contributed by atoms with Crippen LogP contribution in [0.2, 0.25) is 5.02 Å². The second-order valence-electron chi connectivity index (χ2n) is 8.24. The molecular weight excluding hydrogens is 469 g/mol. The van der Waals surface area contributed by atoms with E-state index in [1.165, 1.54) is 18.2 Å². The van der Waals surface area contributed by atoms with E-state index in [1.807, 2.05) is 0 Å². The van der Waals surface area contributed by atoms with Gasteiger partial charge in [-0.1, -0.05) is 23.7 Å². The van der Waals surface area contributed by atoms with Crippen LogP contribution in [0, 0.1) is 5.82 Å². The molecule has 1 aliphatic heterocycles. The van der Waals surface area contributed by atoms with E-state index >= 15 is 0 Å². The fourth-order valence-electron chi connectivity index (χ4n) is 4.01. The molecule has 2 amide bonds. The molecule has 35 heavy (non-hydrogen) atoms. The third kappa shape index (κ3) is 5.07. The van der Waals surface area contributed by atoms with Gasteiger partial charge in [0, 0.05) is 35.6 Å². The SMILES string of the molecule is O=C(Nc1cccc(C(=O)c2ccc3ncc(N4CCCC4)nc3c2)c1)Nc1ccc(F)c(Cl)c1. The summed E-state index contributed by atoms with van der Waals surface area (Å²) in [6, 6.07) is 15.2. The molecule has 0 atom stereocenters. The van der Waals surface area contributed by atoms with Crippen LogP contribution < -0.4 is 15.5 Å². The maximum Gasteiger partial charge on any atom is 0.323 e. The first-order chi connectivity index (χ1) is 17.0. The maximum atomic E-state index is 13.3. The Kier molecular flexibility index (Phi) is 6.29. The molecule has 0 aliphatic carbocycles. The smallest absolute Gasteiger partial charge is 0.323 e. The molecule has 0 saturated carbocycles. The number of ketones is 1. The lowest BCUT2D eigenvalue weighted by Gasteiger charge is -2.16. The Labute approximate surface area is 206 Å². The van der Waals surface area contributed by atoms with Gasteiger partial charge in [-0.15, -0.1) is 0 Å². The van der Waals surface area contributed by atoms with Gasteiger partial charge in [-0.2, -0.15) is 0 Å². The van der Waals surface area contributed by atoms with Crippen LogP contribution in [0.4, 0.5) is 26.4 Å². The Bertz CT molecular complexity index is 1440. The molecule has 9 heteroatoms. The predicted molar refractivity (Wildman–Crippen MR) is 135 cm³/mol. The van der Waals surface area contributed by atoms with Gasteiger partial charge in [-0.3, -0.25) is 9.78 Å². The first-order valence-corrected chi connectivity index (χ1v) is 11.5. The van der Waals surface area contributed by atoms with Gasteiger partial charge >= 0.3 is 6.03 Å². The van der Waals surface area contributed by atoms with Crippen molar-refractivity contribution in [3.8, 4) is 0 Å². The maximum absolute atomic E-state index is 13.3. The van der Waals surface area contributed by atoms with Crippen molar-refractivity contribution in [2.75, 3.05) is 28.6 Å². The molecule has 0 spiro atoms. The summed E-state index contributed by atoms with van der Waals surface area (Å²) in [5.41, 5.74) is 3.04. The zero-order valence-electron chi connectivity index (χ0n) is 18.6. The normalized spacial score (nSPS) is 13.1. The number of anilines is 3. The molecule has 7 nitrogen and oxygen atoms in total. The van der Waals surface area contributed by atoms with Crippen molar-refractivity contribution in [3.63, 3.8) is 0 Å². The molecule has 2 N–H and O–H groups in total. The molecule has 3 aromatic carbocycles. The number of carbonyl (C=O) groups excluding carboxylic acids is 2. The van der Waals surface area contributed by atoms with Crippen molar-refractivity contribution in [3.05, 3.63) is 88.8 Å². The van der Waals surface area contributed by atoms with Crippen LogP contribution in [0.5, 0.6) is 0 Å². The average Bonchev–Trinajstić information content (AvgIpc) is 3.40. The number of rotatable bonds is 5. The van der Waals surface area contributed by atoms with Crippen molar-refractivity contribution in [1.82, 2.24) is 9.97 Å². The Hall–Kier alpha value is -4.04. The fourth-order valence-corrected chi connectivity index (χ4v) is 4.19. The van der Waals surface area contributed by atoms with E-state index in [0.29, 0.717) is 28.0 Å². The summed E-state index contributed by atoms with van der Waals surface area (Å²) in [5.74, 6) is 0.0460. The van der Waals surface area contributed by atoms with E-state index in [1.54, 1.807) is 48.7 Å². The van der Waals surface area contributed by atoms with Crippen LogP contribution in [0.25, 0.3) is 11.0 Å². The Morgan fingerprint density at radius 2 is 1.63 bits per heavy atom. The molecule has 1 aliphatic rings. The second-order valence-corrected chi connectivity index (χ2v) is 8.65. The fraction of sp³-hybridized carbons (Fsp3) is 0.154. The van der Waals surface area contributed by atoms with Crippen LogP contribution in [0.1, 0.15) is 28.8 Å². The number of halogens is 2. The van der Waals surface area contributed by atoms with E-state index in [-0.39, 0.29) is 10.8 Å². The molecule has 1 fully saturated rings. The van der Waals surface area contributed by atoms with Gasteiger partial charge in [-0.05, 0) is 61.4 Å². The summed E-state index contributed by atoms with van der Waals surface area (Å²) in [4.78, 5) is 36.9. The topological polar surface area (TPSA) is 87.2 Å². The van der Waals surface area contributed by atoms with Crippen LogP contribution in [0.3, 0.4) is 0 Å². The van der Waals surface area contributed by atoms with Gasteiger partial charge in [0.25, 0.3) is 0 Å². The number of fused-ring (bicyclic) bond motifs is 1. The third-order valence-corrected chi connectivity index (χ3v) is 6.07. The van der Waals surface area contributed by atoms with Crippen molar-refractivity contribution >= 4 is 51.6 Å². The molecule has 0 radical (unpaired) electrons. The number of nitrogens with one attached hydrogen (secondary N) is 2. The van der Waals surface area contributed by atoms with Crippen LogP contribution in [-0.4, -0.2) is 34.9 Å². The highest BCUT2D eigenvalue weighted by molar-refractivity contribution is 6.31. The Balaban J connectivity index is 1.33. The predicted octanol–water partition coefficient (Wildman–Crippen LogP) is 5.90. The zero-order chi connectivity index (χ0) is 24.4. The highest BCUT2D eigenvalue weighted by Crippen LogP contribution is 2.23. The summed E-state index contributed by atoms with van der Waals surface area (Å²) in [7, 11) is 0. The average molecular weight is 490 g/mol. The van der Waals surface area contributed by atoms with E-state index in [9.17, 15) is 14.0 Å². The van der Waals surface area contributed by atoms with Crippen molar-refractivity contribution < 1.29 is 14.0 Å². The molecule has 2 heterocycles. The number of hydrogen-bond acceptors (Lipinski definition) is 5. The van der Waals surface area contributed by atoms with Gasteiger partial charge < -0.3 is 15.5 Å². The van der Waals surface area contributed by atoms with Crippen molar-refractivity contribution in [2.24, 2.45) is 0 Å². The first-order valence-electron chi connectivity index (χ1n) is 11.2. The third-order valence-electron chi connectivity index (χ3n) is 5.78. The molecule has 1 saturated heterocycles. The monoisotopic (exact) mass is 489 g/mol. The number of benzene rings is 3. The van der Waals surface area contributed by atoms with Crippen LogP contribution in [-0.2, 0) is 0 Å². The number of urea groups is 1. The van der Waals surface area contributed by atoms with Crippen LogP contribution >= 0.6 is 11.6 Å². The Morgan fingerprint density at radius 3 is 2.40 bits per heavy atom. The highest BCUT2D eigenvalue weighted by atomic mass is 35.5. The molecule has 0 bridgehead atoms. The number of hydrogen-bond donors (Lipinski definition) is 2. The molecule has 176 valence electrons. The number of aromatic nitrogens is 2. The first kappa shape index (κ1) is 22.7. The minimum atomic E-state index is -0.573. The molecule has 0 unspecified atom stereocenters. The summed E-state index contributed by atoms with van der Waals surface area (Å²) < 4.78 is 13.3. The lowest BCUT2D eigenvalue weighted by Crippen LogP contribution is -2.19. The minimum Gasteiger partial charge on any atom is -0.355 e. The number of amides is 2. The summed E-state index contributed by atoms with van der Waals surface area (Å²) in [6.45, 7) is 1.92. The zero-order valence-corrected chi connectivity index (χ0v) is 19.3. The Morgan fingerprint density at radius 1 is 0.886 bits per heavy atom. The molecule has 4 aromatic rings. The van der Waals surface area contributed by atoms with Gasteiger partial charge in [0.15, 0.2) is 5.78 Å². The summed E-state index contributed by atoms with van der Waals surface area (Å²) >= 11 is 5.75. The second kappa shape index (κ2) is 9.68. The number of carbonyl (C=O) groups is 2. The summed E-state index contributed by atoms with van der Waals surface area (Å²) in [6.07, 6.45) is 4.05. The largest absolute Gasteiger partial charge is 0.355 e. The quantitative estimate of drug-likeness (QED) is 0.341.